The minimum absolute atomic E-state index is 0.0197. The maximum absolute atomic E-state index is 13.3. The number of aryl methyl sites for hydroxylation is 1. The summed E-state index contributed by atoms with van der Waals surface area (Å²) in [7, 11) is 0.195. The van der Waals surface area contributed by atoms with Crippen LogP contribution in [0.15, 0.2) is 35.2 Å². The van der Waals surface area contributed by atoms with Crippen LogP contribution in [-0.4, -0.2) is 72.7 Å². The minimum atomic E-state index is -4.69. The van der Waals surface area contributed by atoms with E-state index < -0.39 is 39.9 Å². The van der Waals surface area contributed by atoms with Crippen molar-refractivity contribution in [2.24, 2.45) is 7.05 Å². The van der Waals surface area contributed by atoms with Crippen molar-refractivity contribution < 1.29 is 35.9 Å². The van der Waals surface area contributed by atoms with Gasteiger partial charge in [0, 0.05) is 25.3 Å². The Morgan fingerprint density at radius 3 is 2.46 bits per heavy atom. The molecule has 3 rings (SSSR count). The van der Waals surface area contributed by atoms with E-state index in [1.54, 1.807) is 11.9 Å². The van der Waals surface area contributed by atoms with E-state index >= 15 is 0 Å². The molecule has 1 aromatic heterocycles. The van der Waals surface area contributed by atoms with Crippen molar-refractivity contribution in [3.05, 3.63) is 41.7 Å². The fourth-order valence-electron chi connectivity index (χ4n) is 3.84. The first-order valence-electron chi connectivity index (χ1n) is 10.7. The second-order valence-corrected chi connectivity index (χ2v) is 9.99. The fourth-order valence-corrected chi connectivity index (χ4v) is 5.55. The molecule has 1 N–H and O–H groups in total. The highest BCUT2D eigenvalue weighted by Gasteiger charge is 2.37. The molecule has 2 aromatic rings. The number of carbonyl (C=O) groups excluding carboxylic acids is 2. The van der Waals surface area contributed by atoms with Gasteiger partial charge in [-0.15, -0.1) is 0 Å². The largest absolute Gasteiger partial charge is 0.468 e. The highest BCUT2D eigenvalue weighted by atomic mass is 32.2. The van der Waals surface area contributed by atoms with Gasteiger partial charge >= 0.3 is 12.1 Å². The topological polar surface area (TPSA) is 114 Å². The zero-order valence-corrected chi connectivity index (χ0v) is 20.2. The zero-order valence-electron chi connectivity index (χ0n) is 19.4. The van der Waals surface area contributed by atoms with Crippen LogP contribution in [0.1, 0.15) is 35.4 Å². The molecule has 1 aliphatic heterocycles. The number of hydrogen-bond acceptors (Lipinski definition) is 7. The second-order valence-electron chi connectivity index (χ2n) is 8.10. The highest BCUT2D eigenvalue weighted by Crippen LogP contribution is 2.29. The molecule has 0 bridgehead atoms. The van der Waals surface area contributed by atoms with Gasteiger partial charge in [0.15, 0.2) is 5.69 Å². The summed E-state index contributed by atoms with van der Waals surface area (Å²) in [6.45, 7) is 0.210. The first-order valence-corrected chi connectivity index (χ1v) is 12.1. The van der Waals surface area contributed by atoms with Crippen LogP contribution < -0.4 is 5.32 Å². The van der Waals surface area contributed by atoms with Crippen molar-refractivity contribution in [1.29, 1.82) is 0 Å². The summed E-state index contributed by atoms with van der Waals surface area (Å²) in [6, 6.07) is 5.95. The van der Waals surface area contributed by atoms with E-state index in [9.17, 15) is 31.2 Å². The number of amides is 1. The SMILES string of the molecule is COC(=O)CN(C)C1CCCCN1S(=O)(=O)c1ccc(NC(=O)c2cc(C(F)(F)F)nn2C)cc1. The molecule has 10 nitrogen and oxygen atoms in total. The summed E-state index contributed by atoms with van der Waals surface area (Å²) < 4.78 is 72.0. The Morgan fingerprint density at radius 2 is 1.89 bits per heavy atom. The number of aromatic nitrogens is 2. The summed E-state index contributed by atoms with van der Waals surface area (Å²) in [5.74, 6) is -1.31. The number of carbonyl (C=O) groups is 2. The van der Waals surface area contributed by atoms with Crippen LogP contribution in [-0.2, 0) is 32.8 Å². The lowest BCUT2D eigenvalue weighted by Crippen LogP contribution is -2.53. The Kier molecular flexibility index (Phi) is 7.87. The number of halogens is 3. The molecule has 1 aliphatic rings. The van der Waals surface area contributed by atoms with E-state index in [0.29, 0.717) is 18.9 Å². The predicted octanol–water partition coefficient (Wildman–Crippen LogP) is 2.30. The van der Waals surface area contributed by atoms with Gasteiger partial charge in [0.25, 0.3) is 5.91 Å². The number of alkyl halides is 3. The van der Waals surface area contributed by atoms with Crippen molar-refractivity contribution >= 4 is 27.6 Å². The van der Waals surface area contributed by atoms with Gasteiger partial charge in [-0.05, 0) is 50.6 Å². The number of piperidine rings is 1. The molecule has 0 radical (unpaired) electrons. The Bertz CT molecular complexity index is 1180. The van der Waals surface area contributed by atoms with Crippen molar-refractivity contribution in [1.82, 2.24) is 19.0 Å². The van der Waals surface area contributed by atoms with Gasteiger partial charge in [0.1, 0.15) is 5.69 Å². The highest BCUT2D eigenvalue weighted by molar-refractivity contribution is 7.89. The number of likely N-dealkylation sites (N-methyl/N-ethyl adjacent to an activating group) is 1. The Morgan fingerprint density at radius 1 is 1.23 bits per heavy atom. The van der Waals surface area contributed by atoms with Gasteiger partial charge < -0.3 is 10.1 Å². The molecule has 0 saturated carbocycles. The average Bonchev–Trinajstić information content (AvgIpc) is 3.21. The summed E-state index contributed by atoms with van der Waals surface area (Å²) in [5, 5.41) is 5.74. The van der Waals surface area contributed by atoms with Crippen molar-refractivity contribution in [3.8, 4) is 0 Å². The first kappa shape index (κ1) is 26.6. The predicted molar refractivity (Wildman–Crippen MR) is 119 cm³/mol. The van der Waals surface area contributed by atoms with Crippen LogP contribution in [0.5, 0.6) is 0 Å². The first-order chi connectivity index (χ1) is 16.3. The third-order valence-corrected chi connectivity index (χ3v) is 7.57. The van der Waals surface area contributed by atoms with E-state index in [-0.39, 0.29) is 29.4 Å². The molecule has 1 amide bonds. The number of methoxy groups -OCH3 is 1. The summed E-state index contributed by atoms with van der Waals surface area (Å²) in [6.07, 6.45) is -3.20. The van der Waals surface area contributed by atoms with Crippen molar-refractivity contribution in [3.63, 3.8) is 0 Å². The van der Waals surface area contributed by atoms with Gasteiger partial charge in [-0.1, -0.05) is 0 Å². The number of nitrogens with zero attached hydrogens (tertiary/aromatic N) is 4. The monoisotopic (exact) mass is 517 g/mol. The Labute approximate surface area is 200 Å². The average molecular weight is 518 g/mol. The number of ether oxygens (including phenoxy) is 1. The zero-order chi connectivity index (χ0) is 26.0. The second kappa shape index (κ2) is 10.3. The Hall–Kier alpha value is -2.97. The number of benzene rings is 1. The number of esters is 1. The lowest BCUT2D eigenvalue weighted by Gasteiger charge is -2.39. The molecule has 192 valence electrons. The van der Waals surface area contributed by atoms with Gasteiger partial charge in [0.05, 0.1) is 24.7 Å². The van der Waals surface area contributed by atoms with E-state index in [0.717, 1.165) is 11.1 Å². The van der Waals surface area contributed by atoms with E-state index in [4.69, 9.17) is 0 Å². The molecule has 1 saturated heterocycles. The molecule has 1 fully saturated rings. The summed E-state index contributed by atoms with van der Waals surface area (Å²) >= 11 is 0. The van der Waals surface area contributed by atoms with Crippen LogP contribution in [0.3, 0.4) is 0 Å². The lowest BCUT2D eigenvalue weighted by molar-refractivity contribution is -0.143. The van der Waals surface area contributed by atoms with Gasteiger partial charge in [0.2, 0.25) is 10.0 Å². The molecule has 14 heteroatoms. The summed E-state index contributed by atoms with van der Waals surface area (Å²) in [5.41, 5.74) is -1.31. The number of anilines is 1. The van der Waals surface area contributed by atoms with Gasteiger partial charge in [-0.2, -0.15) is 22.6 Å². The standard InChI is InChI=1S/C21H26F3N5O5S/c1-27(13-19(30)34-3)18-6-4-5-11-29(18)35(32,33)15-9-7-14(8-10-15)25-20(31)16-12-17(21(22,23)24)26-28(16)2/h7-10,12,18H,4-6,11,13H2,1-3H3,(H,25,31). The molecule has 35 heavy (non-hydrogen) atoms. The van der Waals surface area contributed by atoms with E-state index in [1.807, 2.05) is 0 Å². The van der Waals surface area contributed by atoms with Crippen LogP contribution in [0.25, 0.3) is 0 Å². The van der Waals surface area contributed by atoms with Crippen LogP contribution in [0.4, 0.5) is 18.9 Å². The van der Waals surface area contributed by atoms with E-state index in [1.165, 1.54) is 42.7 Å². The fraction of sp³-hybridized carbons (Fsp3) is 0.476. The molecule has 2 heterocycles. The third kappa shape index (κ3) is 6.00. The molecule has 0 aliphatic carbocycles. The smallest absolute Gasteiger partial charge is 0.435 e. The lowest BCUT2D eigenvalue weighted by atomic mass is 10.1. The molecule has 1 aromatic carbocycles. The quantitative estimate of drug-likeness (QED) is 0.561. The number of sulfonamides is 1. The maximum atomic E-state index is 13.3. The van der Waals surface area contributed by atoms with Crippen molar-refractivity contribution in [2.45, 2.75) is 36.5 Å². The van der Waals surface area contributed by atoms with Crippen LogP contribution in [0, 0.1) is 0 Å². The van der Waals surface area contributed by atoms with Crippen LogP contribution in [0.2, 0.25) is 0 Å². The van der Waals surface area contributed by atoms with E-state index in [2.05, 4.69) is 15.2 Å². The third-order valence-electron chi connectivity index (χ3n) is 5.66. The molecule has 0 spiro atoms. The summed E-state index contributed by atoms with van der Waals surface area (Å²) in [4.78, 5) is 25.7. The number of nitrogens with one attached hydrogen (secondary N) is 1. The van der Waals surface area contributed by atoms with Crippen molar-refractivity contribution in [2.75, 3.05) is 32.6 Å². The number of rotatable bonds is 7. The molecule has 1 unspecified atom stereocenters. The van der Waals surface area contributed by atoms with Crippen LogP contribution >= 0.6 is 0 Å². The van der Waals surface area contributed by atoms with Gasteiger partial charge in [-0.25, -0.2) is 8.42 Å². The maximum Gasteiger partial charge on any atom is 0.435 e. The number of hydrogen-bond donors (Lipinski definition) is 1. The molecule has 1 atom stereocenters. The molecular weight excluding hydrogens is 491 g/mol. The minimum Gasteiger partial charge on any atom is -0.468 e. The molecular formula is C21H26F3N5O5S. The van der Waals surface area contributed by atoms with Gasteiger partial charge in [-0.3, -0.25) is 19.2 Å². The Balaban J connectivity index is 1.76. The normalized spacial score (nSPS) is 17.4.